The third-order valence-corrected chi connectivity index (χ3v) is 4.60. The van der Waals surface area contributed by atoms with Gasteiger partial charge in [0.15, 0.2) is 11.6 Å². The lowest BCUT2D eigenvalue weighted by molar-refractivity contribution is -0.131. The summed E-state index contributed by atoms with van der Waals surface area (Å²) < 4.78 is 12.4. The van der Waals surface area contributed by atoms with E-state index in [1.807, 2.05) is 6.07 Å². The highest BCUT2D eigenvalue weighted by Gasteiger charge is 2.17. The Bertz CT molecular complexity index is 736. The van der Waals surface area contributed by atoms with E-state index in [0.717, 1.165) is 37.8 Å². The highest BCUT2D eigenvalue weighted by atomic mass is 16.5. The van der Waals surface area contributed by atoms with Crippen LogP contribution in [0.1, 0.15) is 43.5 Å². The summed E-state index contributed by atoms with van der Waals surface area (Å²) >= 11 is 0. The molecule has 10 heteroatoms. The molecule has 0 aliphatic carbocycles. The molecular weight excluding hydrogens is 350 g/mol. The molecule has 0 saturated carbocycles. The highest BCUT2D eigenvalue weighted by molar-refractivity contribution is 5.75. The van der Waals surface area contributed by atoms with Crippen LogP contribution < -0.4 is 0 Å². The molecule has 1 aliphatic rings. The summed E-state index contributed by atoms with van der Waals surface area (Å²) in [5, 5.41) is 15.9. The van der Waals surface area contributed by atoms with Gasteiger partial charge in [-0.1, -0.05) is 19.0 Å². The molecule has 0 aromatic carbocycles. The van der Waals surface area contributed by atoms with Gasteiger partial charge in [0.05, 0.1) is 38.5 Å². The second kappa shape index (κ2) is 9.05. The third kappa shape index (κ3) is 5.33. The minimum atomic E-state index is 0.00493. The Labute approximate surface area is 158 Å². The fourth-order valence-electron chi connectivity index (χ4n) is 2.86. The molecule has 27 heavy (non-hydrogen) atoms. The smallest absolute Gasteiger partial charge is 0.224 e. The van der Waals surface area contributed by atoms with Gasteiger partial charge in [-0.25, -0.2) is 4.68 Å². The predicted molar refractivity (Wildman–Crippen MR) is 95.6 cm³/mol. The molecule has 0 bridgehead atoms. The fourth-order valence-corrected chi connectivity index (χ4v) is 2.86. The Morgan fingerprint density at radius 1 is 1.33 bits per heavy atom. The number of aromatic nitrogens is 5. The van der Waals surface area contributed by atoms with Gasteiger partial charge >= 0.3 is 0 Å². The van der Waals surface area contributed by atoms with Crippen LogP contribution in [0.4, 0.5) is 0 Å². The molecule has 2 aromatic rings. The molecule has 3 rings (SSSR count). The average Bonchev–Trinajstić information content (AvgIpc) is 3.30. The number of carbonyl (C=O) groups excluding carboxylic acids is 1. The van der Waals surface area contributed by atoms with E-state index in [4.69, 9.17) is 9.26 Å². The number of hydrogen-bond acceptors (Lipinski definition) is 8. The highest BCUT2D eigenvalue weighted by Crippen LogP contribution is 2.15. The van der Waals surface area contributed by atoms with Crippen molar-refractivity contribution < 1.29 is 14.1 Å². The van der Waals surface area contributed by atoms with Crippen molar-refractivity contribution in [3.8, 4) is 0 Å². The van der Waals surface area contributed by atoms with E-state index in [-0.39, 0.29) is 5.91 Å². The summed E-state index contributed by atoms with van der Waals surface area (Å²) in [5.74, 6) is 1.76. The lowest BCUT2D eigenvalue weighted by Gasteiger charge is -2.25. The van der Waals surface area contributed by atoms with Crippen LogP contribution in [0.2, 0.25) is 0 Å². The van der Waals surface area contributed by atoms with Gasteiger partial charge in [0.25, 0.3) is 0 Å². The van der Waals surface area contributed by atoms with Crippen molar-refractivity contribution in [3.05, 3.63) is 23.3 Å². The first kappa shape index (κ1) is 19.4. The van der Waals surface area contributed by atoms with Crippen LogP contribution in [0.25, 0.3) is 0 Å². The maximum absolute atomic E-state index is 12.4. The van der Waals surface area contributed by atoms with Gasteiger partial charge in [0.1, 0.15) is 0 Å². The maximum Gasteiger partial charge on any atom is 0.224 e. The summed E-state index contributed by atoms with van der Waals surface area (Å²) in [6.45, 7) is 8.80. The Balaban J connectivity index is 1.49. The number of tetrazole rings is 1. The number of morpholine rings is 1. The predicted octanol–water partition coefficient (Wildman–Crippen LogP) is 0.665. The molecule has 10 nitrogen and oxygen atoms in total. The van der Waals surface area contributed by atoms with Crippen LogP contribution in [0.5, 0.6) is 0 Å². The number of rotatable bonds is 8. The summed E-state index contributed by atoms with van der Waals surface area (Å²) in [6.07, 6.45) is 0.322. The van der Waals surface area contributed by atoms with E-state index < -0.39 is 0 Å². The second-order valence-electron chi connectivity index (χ2n) is 7.08. The Morgan fingerprint density at radius 3 is 2.81 bits per heavy atom. The molecule has 0 radical (unpaired) electrons. The molecule has 0 N–H and O–H groups in total. The van der Waals surface area contributed by atoms with Crippen LogP contribution in [0, 0.1) is 0 Å². The van der Waals surface area contributed by atoms with Gasteiger partial charge in [0, 0.05) is 32.6 Å². The Hall–Kier alpha value is -2.33. The number of nitrogens with zero attached hydrogens (tertiary/aromatic N) is 7. The zero-order chi connectivity index (χ0) is 19.2. The number of hydrogen-bond donors (Lipinski definition) is 0. The maximum atomic E-state index is 12.4. The SMILES string of the molecule is CC(C)c1cc(CN(C)C(=O)CCn2nnnc2CN2CCOCC2)on1. The minimum Gasteiger partial charge on any atom is -0.379 e. The summed E-state index contributed by atoms with van der Waals surface area (Å²) in [6, 6.07) is 1.90. The third-order valence-electron chi connectivity index (χ3n) is 4.60. The van der Waals surface area contributed by atoms with Gasteiger partial charge in [-0.15, -0.1) is 5.10 Å². The summed E-state index contributed by atoms with van der Waals surface area (Å²) in [5.41, 5.74) is 0.896. The standard InChI is InChI=1S/C17H27N7O3/c1-13(2)15-10-14(27-19-15)11-22(3)17(25)4-5-24-16(18-20-21-24)12-23-6-8-26-9-7-23/h10,13H,4-9,11-12H2,1-3H3. The molecule has 2 aromatic heterocycles. The molecule has 1 aliphatic heterocycles. The number of amides is 1. The van der Waals surface area contributed by atoms with Crippen LogP contribution in [0.15, 0.2) is 10.6 Å². The van der Waals surface area contributed by atoms with E-state index in [0.29, 0.717) is 37.7 Å². The van der Waals surface area contributed by atoms with Crippen LogP contribution in [0.3, 0.4) is 0 Å². The van der Waals surface area contributed by atoms with Crippen LogP contribution in [-0.4, -0.2) is 74.4 Å². The largest absolute Gasteiger partial charge is 0.379 e. The molecule has 0 spiro atoms. The van der Waals surface area contributed by atoms with Crippen LogP contribution >= 0.6 is 0 Å². The van der Waals surface area contributed by atoms with Gasteiger partial charge in [-0.05, 0) is 16.3 Å². The molecule has 0 atom stereocenters. The minimum absolute atomic E-state index is 0.00493. The first-order valence-corrected chi connectivity index (χ1v) is 9.27. The van der Waals surface area contributed by atoms with Gasteiger partial charge in [0.2, 0.25) is 5.91 Å². The molecule has 148 valence electrons. The number of aryl methyl sites for hydroxylation is 1. The molecule has 1 saturated heterocycles. The van der Waals surface area contributed by atoms with E-state index in [1.165, 1.54) is 0 Å². The van der Waals surface area contributed by atoms with Gasteiger partial charge < -0.3 is 14.2 Å². The van der Waals surface area contributed by atoms with Crippen molar-refractivity contribution in [2.45, 2.75) is 45.8 Å². The molecular formula is C17H27N7O3. The number of carbonyl (C=O) groups is 1. The Morgan fingerprint density at radius 2 is 2.11 bits per heavy atom. The normalized spacial score (nSPS) is 15.4. The van der Waals surface area contributed by atoms with Crippen molar-refractivity contribution >= 4 is 5.91 Å². The average molecular weight is 377 g/mol. The number of ether oxygens (including phenoxy) is 1. The lowest BCUT2D eigenvalue weighted by atomic mass is 10.1. The van der Waals surface area contributed by atoms with E-state index in [2.05, 4.69) is 39.4 Å². The van der Waals surface area contributed by atoms with Gasteiger partial charge in [-0.2, -0.15) is 0 Å². The van der Waals surface area contributed by atoms with E-state index in [1.54, 1.807) is 16.6 Å². The topological polar surface area (TPSA) is 102 Å². The monoisotopic (exact) mass is 377 g/mol. The van der Waals surface area contributed by atoms with Crippen molar-refractivity contribution in [1.82, 2.24) is 35.2 Å². The van der Waals surface area contributed by atoms with Crippen molar-refractivity contribution in [3.63, 3.8) is 0 Å². The van der Waals surface area contributed by atoms with Crippen molar-refractivity contribution in [1.29, 1.82) is 0 Å². The van der Waals surface area contributed by atoms with Crippen molar-refractivity contribution in [2.24, 2.45) is 0 Å². The van der Waals surface area contributed by atoms with Gasteiger partial charge in [-0.3, -0.25) is 9.69 Å². The Kier molecular flexibility index (Phi) is 6.51. The second-order valence-corrected chi connectivity index (χ2v) is 7.08. The molecule has 3 heterocycles. The fraction of sp³-hybridized carbons (Fsp3) is 0.706. The first-order valence-electron chi connectivity index (χ1n) is 9.27. The van der Waals surface area contributed by atoms with Crippen LogP contribution in [-0.2, 0) is 29.2 Å². The quantitative estimate of drug-likeness (QED) is 0.661. The molecule has 1 amide bonds. The molecule has 0 unspecified atom stereocenters. The lowest BCUT2D eigenvalue weighted by Crippen LogP contribution is -2.36. The zero-order valence-electron chi connectivity index (χ0n) is 16.2. The first-order chi connectivity index (χ1) is 13.0. The summed E-state index contributed by atoms with van der Waals surface area (Å²) in [7, 11) is 1.76. The summed E-state index contributed by atoms with van der Waals surface area (Å²) in [4.78, 5) is 16.3. The van der Waals surface area contributed by atoms with E-state index in [9.17, 15) is 4.79 Å². The van der Waals surface area contributed by atoms with Crippen molar-refractivity contribution in [2.75, 3.05) is 33.4 Å². The van der Waals surface area contributed by atoms with E-state index >= 15 is 0 Å². The molecule has 1 fully saturated rings. The zero-order valence-corrected chi connectivity index (χ0v) is 16.2.